The Morgan fingerprint density at radius 2 is 2.00 bits per heavy atom. The molecule has 0 radical (unpaired) electrons. The van der Waals surface area contributed by atoms with Gasteiger partial charge in [0.25, 0.3) is 0 Å². The summed E-state index contributed by atoms with van der Waals surface area (Å²) < 4.78 is 6.14. The van der Waals surface area contributed by atoms with Gasteiger partial charge in [0.2, 0.25) is 0 Å². The molecule has 1 saturated carbocycles. The predicted molar refractivity (Wildman–Crippen MR) is 80.1 cm³/mol. The van der Waals surface area contributed by atoms with Crippen molar-refractivity contribution in [3.05, 3.63) is 35.9 Å². The molecule has 19 heavy (non-hydrogen) atoms. The van der Waals surface area contributed by atoms with Crippen molar-refractivity contribution < 1.29 is 4.74 Å². The van der Waals surface area contributed by atoms with Crippen molar-refractivity contribution in [1.29, 1.82) is 0 Å². The molecule has 0 aromatic heterocycles. The van der Waals surface area contributed by atoms with Gasteiger partial charge in [0.15, 0.2) is 0 Å². The summed E-state index contributed by atoms with van der Waals surface area (Å²) in [5, 5.41) is 3.66. The normalized spacial score (nSPS) is 30.1. The van der Waals surface area contributed by atoms with E-state index in [1.165, 1.54) is 18.4 Å². The van der Waals surface area contributed by atoms with E-state index in [9.17, 15) is 0 Å². The lowest BCUT2D eigenvalue weighted by Gasteiger charge is -2.54. The van der Waals surface area contributed by atoms with Crippen LogP contribution in [0.2, 0.25) is 0 Å². The highest BCUT2D eigenvalue weighted by molar-refractivity contribution is 5.14. The molecule has 0 heterocycles. The minimum atomic E-state index is 0.296. The SMILES string of the molecule is CCCNC1CC(OCc2ccccc2)C1(C)CC. The molecule has 0 aliphatic heterocycles. The minimum Gasteiger partial charge on any atom is -0.373 e. The molecule has 2 heteroatoms. The molecule has 2 rings (SSSR count). The summed E-state index contributed by atoms with van der Waals surface area (Å²) in [6, 6.07) is 11.1. The summed E-state index contributed by atoms with van der Waals surface area (Å²) in [6.07, 6.45) is 3.92. The lowest BCUT2D eigenvalue weighted by Crippen LogP contribution is -2.62. The van der Waals surface area contributed by atoms with E-state index >= 15 is 0 Å². The topological polar surface area (TPSA) is 21.3 Å². The van der Waals surface area contributed by atoms with Crippen LogP contribution in [0.4, 0.5) is 0 Å². The fraction of sp³-hybridized carbons (Fsp3) is 0.647. The lowest BCUT2D eigenvalue weighted by atomic mass is 9.61. The van der Waals surface area contributed by atoms with Crippen molar-refractivity contribution in [1.82, 2.24) is 5.32 Å². The van der Waals surface area contributed by atoms with Gasteiger partial charge in [-0.15, -0.1) is 0 Å². The highest BCUT2D eigenvalue weighted by Gasteiger charge is 2.50. The van der Waals surface area contributed by atoms with E-state index in [0.29, 0.717) is 17.6 Å². The van der Waals surface area contributed by atoms with Gasteiger partial charge in [0.05, 0.1) is 12.7 Å². The summed E-state index contributed by atoms with van der Waals surface area (Å²) in [6.45, 7) is 8.71. The Labute approximate surface area is 117 Å². The highest BCUT2D eigenvalue weighted by atomic mass is 16.5. The molecule has 2 nitrogen and oxygen atoms in total. The quantitative estimate of drug-likeness (QED) is 0.807. The first-order valence-corrected chi connectivity index (χ1v) is 7.59. The molecule has 106 valence electrons. The zero-order valence-corrected chi connectivity index (χ0v) is 12.5. The van der Waals surface area contributed by atoms with Crippen LogP contribution >= 0.6 is 0 Å². The average Bonchev–Trinajstić information content (AvgIpc) is 2.46. The van der Waals surface area contributed by atoms with Crippen molar-refractivity contribution >= 4 is 0 Å². The van der Waals surface area contributed by atoms with Gasteiger partial charge >= 0.3 is 0 Å². The number of benzene rings is 1. The maximum absolute atomic E-state index is 6.14. The van der Waals surface area contributed by atoms with E-state index in [1.54, 1.807) is 0 Å². The van der Waals surface area contributed by atoms with Crippen molar-refractivity contribution in [2.75, 3.05) is 6.54 Å². The third-order valence-electron chi connectivity index (χ3n) is 4.68. The standard InChI is InChI=1S/C17H27NO/c1-4-11-18-15-12-16(17(15,3)5-2)19-13-14-9-7-6-8-10-14/h6-10,15-16,18H,4-5,11-13H2,1-3H3. The van der Waals surface area contributed by atoms with Gasteiger partial charge in [-0.05, 0) is 31.4 Å². The molecule has 3 atom stereocenters. The Balaban J connectivity index is 1.85. The maximum Gasteiger partial charge on any atom is 0.0720 e. The summed E-state index contributed by atoms with van der Waals surface area (Å²) in [5.41, 5.74) is 1.56. The van der Waals surface area contributed by atoms with Crippen molar-refractivity contribution in [2.45, 2.75) is 58.8 Å². The summed E-state index contributed by atoms with van der Waals surface area (Å²) in [7, 11) is 0. The molecule has 0 amide bonds. The highest BCUT2D eigenvalue weighted by Crippen LogP contribution is 2.46. The Bertz CT molecular complexity index is 378. The van der Waals surface area contributed by atoms with Gasteiger partial charge in [-0.25, -0.2) is 0 Å². The predicted octanol–water partition coefficient (Wildman–Crippen LogP) is 3.76. The number of ether oxygens (including phenoxy) is 1. The first kappa shape index (κ1) is 14.5. The fourth-order valence-corrected chi connectivity index (χ4v) is 2.96. The van der Waals surface area contributed by atoms with E-state index in [1.807, 2.05) is 6.07 Å². The van der Waals surface area contributed by atoms with Crippen LogP contribution in [0.15, 0.2) is 30.3 Å². The van der Waals surface area contributed by atoms with Gasteiger partial charge in [0.1, 0.15) is 0 Å². The molecular formula is C17H27NO. The Morgan fingerprint density at radius 1 is 1.26 bits per heavy atom. The molecule has 1 aromatic carbocycles. The van der Waals surface area contributed by atoms with Crippen LogP contribution in [0.5, 0.6) is 0 Å². The zero-order valence-electron chi connectivity index (χ0n) is 12.5. The Kier molecular flexibility index (Phi) is 5.00. The van der Waals surface area contributed by atoms with Gasteiger partial charge in [-0.1, -0.05) is 51.1 Å². The van der Waals surface area contributed by atoms with E-state index in [0.717, 1.165) is 19.6 Å². The number of nitrogens with one attached hydrogen (secondary N) is 1. The monoisotopic (exact) mass is 261 g/mol. The van der Waals surface area contributed by atoms with Crippen LogP contribution in [0.1, 0.15) is 45.6 Å². The Morgan fingerprint density at radius 3 is 2.63 bits per heavy atom. The summed E-state index contributed by atoms with van der Waals surface area (Å²) in [4.78, 5) is 0. The number of hydrogen-bond acceptors (Lipinski definition) is 2. The van der Waals surface area contributed by atoms with Crippen molar-refractivity contribution in [2.24, 2.45) is 5.41 Å². The van der Waals surface area contributed by atoms with Crippen LogP contribution < -0.4 is 5.32 Å². The second kappa shape index (κ2) is 6.53. The van der Waals surface area contributed by atoms with E-state index in [4.69, 9.17) is 4.74 Å². The molecule has 1 aliphatic carbocycles. The molecule has 0 spiro atoms. The molecule has 1 aromatic rings. The number of hydrogen-bond donors (Lipinski definition) is 1. The maximum atomic E-state index is 6.14. The summed E-state index contributed by atoms with van der Waals surface area (Å²) in [5.74, 6) is 0. The lowest BCUT2D eigenvalue weighted by molar-refractivity contribution is -0.135. The average molecular weight is 261 g/mol. The summed E-state index contributed by atoms with van der Waals surface area (Å²) >= 11 is 0. The van der Waals surface area contributed by atoms with Gasteiger partial charge < -0.3 is 10.1 Å². The van der Waals surface area contributed by atoms with Gasteiger partial charge in [0, 0.05) is 11.5 Å². The minimum absolute atomic E-state index is 0.296. The Hall–Kier alpha value is -0.860. The van der Waals surface area contributed by atoms with Crippen molar-refractivity contribution in [3.8, 4) is 0 Å². The molecule has 0 bridgehead atoms. The van der Waals surface area contributed by atoms with Gasteiger partial charge in [-0.3, -0.25) is 0 Å². The first-order chi connectivity index (χ1) is 9.20. The molecule has 1 fully saturated rings. The van der Waals surface area contributed by atoms with Gasteiger partial charge in [-0.2, -0.15) is 0 Å². The number of rotatable bonds is 7. The second-order valence-corrected chi connectivity index (χ2v) is 5.89. The fourth-order valence-electron chi connectivity index (χ4n) is 2.96. The molecule has 3 unspecified atom stereocenters. The third-order valence-corrected chi connectivity index (χ3v) is 4.68. The molecule has 1 aliphatic rings. The smallest absolute Gasteiger partial charge is 0.0720 e. The van der Waals surface area contributed by atoms with Crippen LogP contribution in [-0.4, -0.2) is 18.7 Å². The van der Waals surface area contributed by atoms with Crippen LogP contribution in [0.3, 0.4) is 0 Å². The van der Waals surface area contributed by atoms with Crippen LogP contribution in [-0.2, 0) is 11.3 Å². The van der Waals surface area contributed by atoms with E-state index in [2.05, 4.69) is 50.4 Å². The van der Waals surface area contributed by atoms with Crippen LogP contribution in [0, 0.1) is 5.41 Å². The third kappa shape index (κ3) is 3.18. The largest absolute Gasteiger partial charge is 0.373 e. The van der Waals surface area contributed by atoms with Crippen LogP contribution in [0.25, 0.3) is 0 Å². The van der Waals surface area contributed by atoms with E-state index < -0.39 is 0 Å². The molecule has 0 saturated heterocycles. The molecule has 1 N–H and O–H groups in total. The first-order valence-electron chi connectivity index (χ1n) is 7.59. The molecular weight excluding hydrogens is 234 g/mol. The van der Waals surface area contributed by atoms with Crippen molar-refractivity contribution in [3.63, 3.8) is 0 Å². The van der Waals surface area contributed by atoms with E-state index in [-0.39, 0.29) is 0 Å². The zero-order chi connectivity index (χ0) is 13.7. The second-order valence-electron chi connectivity index (χ2n) is 5.89.